The maximum absolute atomic E-state index is 11.4. The van der Waals surface area contributed by atoms with E-state index in [-0.39, 0.29) is 30.1 Å². The average Bonchev–Trinajstić information content (AvgIpc) is 3.26. The van der Waals surface area contributed by atoms with Gasteiger partial charge in [-0.15, -0.1) is 0 Å². The molecule has 8 heteroatoms. The van der Waals surface area contributed by atoms with Gasteiger partial charge in [0.15, 0.2) is 0 Å². The van der Waals surface area contributed by atoms with Crippen LogP contribution in [-0.4, -0.2) is 30.1 Å². The maximum atomic E-state index is 11.4. The number of carbonyl (C=O) groups is 2. The van der Waals surface area contributed by atoms with Crippen molar-refractivity contribution in [2.24, 2.45) is 0 Å². The summed E-state index contributed by atoms with van der Waals surface area (Å²) in [6.07, 6.45) is 0.974. The predicted octanol–water partition coefficient (Wildman–Crippen LogP) is 3.42. The van der Waals surface area contributed by atoms with E-state index in [0.717, 1.165) is 32.4 Å². The highest BCUT2D eigenvalue weighted by Gasteiger charge is 2.51. The molecule has 0 radical (unpaired) electrons. The van der Waals surface area contributed by atoms with Gasteiger partial charge in [0.25, 0.3) is 0 Å². The average molecular weight is 471 g/mol. The first-order chi connectivity index (χ1) is 14.0. The topological polar surface area (TPSA) is 76.7 Å². The largest absolute Gasteiger partial charge is 0.494 e. The summed E-state index contributed by atoms with van der Waals surface area (Å²) in [6.45, 7) is 8.12. The van der Waals surface area contributed by atoms with Crippen molar-refractivity contribution in [1.29, 1.82) is 0 Å². The standard InChI is InChI=1S/C14H18BNO3.C8H6BrNO/c1-13(2)14(3,4)19-15(18-13)10-6-5-9-7-12(17)16-11(9)8-10;9-6-2-1-5-3-8(11)10-7(5)4-6/h5-6,8H,7H2,1-4H3,(H,16,17);1-2,4H,3H2,(H,10,11). The van der Waals surface area contributed by atoms with Crippen LogP contribution >= 0.6 is 15.9 Å². The highest BCUT2D eigenvalue weighted by atomic mass is 79.9. The zero-order chi connectivity index (χ0) is 21.7. The van der Waals surface area contributed by atoms with E-state index >= 15 is 0 Å². The first-order valence-electron chi connectivity index (χ1n) is 9.91. The minimum atomic E-state index is -0.382. The van der Waals surface area contributed by atoms with Crippen molar-refractivity contribution < 1.29 is 18.9 Å². The lowest BCUT2D eigenvalue weighted by Gasteiger charge is -2.32. The molecule has 2 N–H and O–H groups in total. The van der Waals surface area contributed by atoms with E-state index in [1.165, 1.54) is 0 Å². The summed E-state index contributed by atoms with van der Waals surface area (Å²) in [5.74, 6) is 0.124. The molecular formula is C22H24BBrN2O4. The summed E-state index contributed by atoms with van der Waals surface area (Å²) < 4.78 is 13.0. The zero-order valence-electron chi connectivity index (χ0n) is 17.5. The van der Waals surface area contributed by atoms with Gasteiger partial charge in [-0.05, 0) is 62.5 Å². The molecule has 2 amide bonds. The fraction of sp³-hybridized carbons (Fsp3) is 0.364. The molecule has 5 rings (SSSR count). The minimum absolute atomic E-state index is 0.0427. The van der Waals surface area contributed by atoms with Gasteiger partial charge in [-0.25, -0.2) is 0 Å². The molecule has 0 bridgehead atoms. The molecule has 3 heterocycles. The summed E-state index contributed by atoms with van der Waals surface area (Å²) in [6, 6.07) is 11.7. The summed E-state index contributed by atoms with van der Waals surface area (Å²) in [5, 5.41) is 5.62. The number of anilines is 2. The first kappa shape index (κ1) is 21.1. The van der Waals surface area contributed by atoms with Crippen molar-refractivity contribution in [3.63, 3.8) is 0 Å². The highest BCUT2D eigenvalue weighted by molar-refractivity contribution is 9.10. The third-order valence-corrected chi connectivity index (χ3v) is 6.47. The predicted molar refractivity (Wildman–Crippen MR) is 121 cm³/mol. The van der Waals surface area contributed by atoms with E-state index in [1.807, 2.05) is 64.1 Å². The monoisotopic (exact) mass is 470 g/mol. The fourth-order valence-corrected chi connectivity index (χ4v) is 3.91. The van der Waals surface area contributed by atoms with Crippen LogP contribution in [-0.2, 0) is 31.7 Å². The number of hydrogen-bond acceptors (Lipinski definition) is 4. The van der Waals surface area contributed by atoms with Gasteiger partial charge in [0.2, 0.25) is 11.8 Å². The Labute approximate surface area is 185 Å². The lowest BCUT2D eigenvalue weighted by Crippen LogP contribution is -2.41. The molecule has 0 spiro atoms. The molecule has 3 aliphatic rings. The number of benzene rings is 2. The SMILES string of the molecule is CC1(C)OB(c2ccc3c(c2)NC(=O)C3)OC1(C)C.O=C1Cc2ccc(Br)cc2N1. The molecule has 1 saturated heterocycles. The lowest BCUT2D eigenvalue weighted by molar-refractivity contribution is -0.115. The molecule has 3 aliphatic heterocycles. The highest BCUT2D eigenvalue weighted by Crippen LogP contribution is 2.37. The number of amides is 2. The van der Waals surface area contributed by atoms with E-state index in [9.17, 15) is 9.59 Å². The van der Waals surface area contributed by atoms with Crippen LogP contribution in [0.25, 0.3) is 0 Å². The number of carbonyl (C=O) groups excluding carboxylic acids is 2. The Hall–Kier alpha value is -2.16. The van der Waals surface area contributed by atoms with Gasteiger partial charge in [-0.1, -0.05) is 34.1 Å². The Morgan fingerprint density at radius 1 is 0.833 bits per heavy atom. The van der Waals surface area contributed by atoms with E-state index in [2.05, 4.69) is 26.6 Å². The second-order valence-electron chi connectivity index (χ2n) is 8.76. The molecular weight excluding hydrogens is 447 g/mol. The van der Waals surface area contributed by atoms with Gasteiger partial charge >= 0.3 is 7.12 Å². The van der Waals surface area contributed by atoms with Crippen LogP contribution in [0.1, 0.15) is 38.8 Å². The van der Waals surface area contributed by atoms with Crippen molar-refractivity contribution in [2.75, 3.05) is 10.6 Å². The van der Waals surface area contributed by atoms with E-state index < -0.39 is 0 Å². The lowest BCUT2D eigenvalue weighted by atomic mass is 9.78. The normalized spacial score (nSPS) is 20.1. The molecule has 2 aromatic carbocycles. The number of halogens is 1. The van der Waals surface area contributed by atoms with Crippen LogP contribution in [0.2, 0.25) is 0 Å². The second-order valence-corrected chi connectivity index (χ2v) is 9.67. The third kappa shape index (κ3) is 4.04. The summed E-state index contributed by atoms with van der Waals surface area (Å²) >= 11 is 3.33. The Morgan fingerprint density at radius 2 is 1.33 bits per heavy atom. The molecule has 156 valence electrons. The van der Waals surface area contributed by atoms with Crippen molar-refractivity contribution in [1.82, 2.24) is 0 Å². The van der Waals surface area contributed by atoms with Crippen molar-refractivity contribution in [3.8, 4) is 0 Å². The Kier molecular flexibility index (Phi) is 5.28. The first-order valence-corrected chi connectivity index (χ1v) is 10.7. The number of hydrogen-bond donors (Lipinski definition) is 2. The van der Waals surface area contributed by atoms with Crippen molar-refractivity contribution in [2.45, 2.75) is 51.7 Å². The van der Waals surface area contributed by atoms with Crippen LogP contribution in [0, 0.1) is 0 Å². The van der Waals surface area contributed by atoms with Gasteiger partial charge < -0.3 is 19.9 Å². The van der Waals surface area contributed by atoms with Crippen LogP contribution in [0.3, 0.4) is 0 Å². The maximum Gasteiger partial charge on any atom is 0.494 e. The van der Waals surface area contributed by atoms with Crippen LogP contribution in [0.4, 0.5) is 11.4 Å². The van der Waals surface area contributed by atoms with Crippen LogP contribution in [0.5, 0.6) is 0 Å². The quantitative estimate of drug-likeness (QED) is 0.626. The third-order valence-electron chi connectivity index (χ3n) is 5.98. The molecule has 0 aromatic heterocycles. The number of rotatable bonds is 1. The van der Waals surface area contributed by atoms with E-state index in [0.29, 0.717) is 12.8 Å². The molecule has 30 heavy (non-hydrogen) atoms. The van der Waals surface area contributed by atoms with E-state index in [4.69, 9.17) is 9.31 Å². The van der Waals surface area contributed by atoms with Gasteiger partial charge in [-0.3, -0.25) is 9.59 Å². The molecule has 0 aliphatic carbocycles. The summed E-state index contributed by atoms with van der Waals surface area (Å²) in [7, 11) is -0.382. The molecule has 6 nitrogen and oxygen atoms in total. The zero-order valence-corrected chi connectivity index (χ0v) is 19.1. The summed E-state index contributed by atoms with van der Waals surface area (Å²) in [4.78, 5) is 22.3. The fourth-order valence-electron chi connectivity index (χ4n) is 3.54. The van der Waals surface area contributed by atoms with Gasteiger partial charge in [0, 0.05) is 15.8 Å². The van der Waals surface area contributed by atoms with Crippen LogP contribution in [0.15, 0.2) is 40.9 Å². The van der Waals surface area contributed by atoms with Gasteiger partial charge in [0.1, 0.15) is 0 Å². The molecule has 0 unspecified atom stereocenters. The smallest absolute Gasteiger partial charge is 0.399 e. The summed E-state index contributed by atoms with van der Waals surface area (Å²) in [5.41, 5.74) is 4.17. The van der Waals surface area contributed by atoms with Crippen molar-refractivity contribution >= 4 is 51.7 Å². The Bertz CT molecular complexity index is 1020. The molecule has 0 atom stereocenters. The van der Waals surface area contributed by atoms with E-state index in [1.54, 1.807) is 0 Å². The molecule has 1 fully saturated rings. The number of nitrogens with one attached hydrogen (secondary N) is 2. The molecule has 0 saturated carbocycles. The number of fused-ring (bicyclic) bond motifs is 2. The van der Waals surface area contributed by atoms with Gasteiger partial charge in [0.05, 0.1) is 24.0 Å². The van der Waals surface area contributed by atoms with Crippen LogP contribution < -0.4 is 16.1 Å². The minimum Gasteiger partial charge on any atom is -0.399 e. The second kappa shape index (κ2) is 7.52. The Balaban J connectivity index is 0.000000168. The van der Waals surface area contributed by atoms with Crippen molar-refractivity contribution in [3.05, 3.63) is 52.0 Å². The van der Waals surface area contributed by atoms with Gasteiger partial charge in [-0.2, -0.15) is 0 Å². The Morgan fingerprint density at radius 3 is 1.90 bits per heavy atom. The molecule has 2 aromatic rings.